The molecule has 1 saturated heterocycles. The van der Waals surface area contributed by atoms with Gasteiger partial charge in [-0.1, -0.05) is 12.1 Å². The van der Waals surface area contributed by atoms with E-state index in [0.717, 1.165) is 0 Å². The average Bonchev–Trinajstić information content (AvgIpc) is 2.39. The Balaban J connectivity index is 2.09. The molecular formula is C12H14FNO3S. The van der Waals surface area contributed by atoms with Gasteiger partial charge in [0.15, 0.2) is 0 Å². The topological polar surface area (TPSA) is 55.7 Å². The van der Waals surface area contributed by atoms with Crippen molar-refractivity contribution >= 4 is 16.2 Å². The first-order valence-corrected chi connectivity index (χ1v) is 7.21. The second-order valence-corrected chi connectivity index (χ2v) is 6.02. The Kier molecular flexibility index (Phi) is 4.08. The van der Waals surface area contributed by atoms with Crippen LogP contribution in [-0.2, 0) is 14.8 Å². The highest BCUT2D eigenvalue weighted by Gasteiger charge is 2.26. The zero-order valence-electron chi connectivity index (χ0n) is 9.75. The van der Waals surface area contributed by atoms with Gasteiger partial charge < -0.3 is 4.74 Å². The number of hydrogen-bond donors (Lipinski definition) is 0. The fourth-order valence-electron chi connectivity index (χ4n) is 1.74. The quantitative estimate of drug-likeness (QED) is 0.787. The maximum absolute atomic E-state index is 12.7. The molecule has 6 heteroatoms. The van der Waals surface area contributed by atoms with Gasteiger partial charge in [0.1, 0.15) is 5.82 Å². The van der Waals surface area contributed by atoms with Crippen molar-refractivity contribution in [3.05, 3.63) is 35.6 Å². The van der Waals surface area contributed by atoms with Crippen LogP contribution < -0.4 is 0 Å². The van der Waals surface area contributed by atoms with Crippen molar-refractivity contribution < 1.29 is 17.5 Å². The molecule has 1 aromatic rings. The molecule has 2 rings (SSSR count). The lowest BCUT2D eigenvalue weighted by molar-refractivity contribution is 0.0984. The Bertz CT molecular complexity index is 519. The van der Waals surface area contributed by atoms with Crippen molar-refractivity contribution in [2.45, 2.75) is 18.1 Å². The van der Waals surface area contributed by atoms with Gasteiger partial charge in [0.25, 0.3) is 10.0 Å². The van der Waals surface area contributed by atoms with Gasteiger partial charge in [0.05, 0.1) is 5.25 Å². The minimum atomic E-state index is -3.50. The first-order valence-electron chi connectivity index (χ1n) is 5.70. The van der Waals surface area contributed by atoms with Crippen molar-refractivity contribution in [1.82, 2.24) is 0 Å². The third kappa shape index (κ3) is 3.36. The lowest BCUT2D eigenvalue weighted by Gasteiger charge is -2.19. The number of benzene rings is 1. The maximum atomic E-state index is 12.7. The molecule has 0 amide bonds. The second kappa shape index (κ2) is 5.58. The number of hydrogen-bond acceptors (Lipinski definition) is 3. The number of nitrogens with zero attached hydrogens (tertiary/aromatic N) is 1. The largest absolute Gasteiger partial charge is 0.381 e. The molecule has 0 bridgehead atoms. The second-order valence-electron chi connectivity index (χ2n) is 4.11. The number of halogens is 1. The highest BCUT2D eigenvalue weighted by molar-refractivity contribution is 7.90. The molecular weight excluding hydrogens is 257 g/mol. The lowest BCUT2D eigenvalue weighted by Crippen LogP contribution is -2.27. The summed E-state index contributed by atoms with van der Waals surface area (Å²) in [5.41, 5.74) is 0.562. The summed E-state index contributed by atoms with van der Waals surface area (Å²) in [6.45, 7) is 0.909. The summed E-state index contributed by atoms with van der Waals surface area (Å²) in [6, 6.07) is 5.50. The first kappa shape index (κ1) is 13.2. The molecule has 0 N–H and O–H groups in total. The molecule has 4 nitrogen and oxygen atoms in total. The molecule has 18 heavy (non-hydrogen) atoms. The van der Waals surface area contributed by atoms with Gasteiger partial charge in [0.2, 0.25) is 0 Å². The smallest absolute Gasteiger partial charge is 0.256 e. The SMILES string of the molecule is O=S(=O)(/N=C/c1ccc(F)cc1)C1CCOCC1. The van der Waals surface area contributed by atoms with Crippen LogP contribution in [-0.4, -0.2) is 33.1 Å². The molecule has 1 fully saturated rings. The van der Waals surface area contributed by atoms with Gasteiger partial charge in [-0.25, -0.2) is 12.8 Å². The van der Waals surface area contributed by atoms with E-state index in [-0.39, 0.29) is 5.82 Å². The molecule has 1 aromatic carbocycles. The first-order chi connectivity index (χ1) is 8.58. The van der Waals surface area contributed by atoms with E-state index in [9.17, 15) is 12.8 Å². The molecule has 0 atom stereocenters. The van der Waals surface area contributed by atoms with Gasteiger partial charge in [-0.15, -0.1) is 0 Å². The van der Waals surface area contributed by atoms with Crippen LogP contribution in [0.3, 0.4) is 0 Å². The van der Waals surface area contributed by atoms with E-state index >= 15 is 0 Å². The summed E-state index contributed by atoms with van der Waals surface area (Å²) >= 11 is 0. The minimum absolute atomic E-state index is 0.362. The van der Waals surface area contributed by atoms with Crippen LogP contribution in [0.25, 0.3) is 0 Å². The third-order valence-electron chi connectivity index (χ3n) is 2.81. The predicted molar refractivity (Wildman–Crippen MR) is 66.8 cm³/mol. The summed E-state index contributed by atoms with van der Waals surface area (Å²) in [6.07, 6.45) is 2.20. The van der Waals surface area contributed by atoms with Gasteiger partial charge in [-0.2, -0.15) is 4.40 Å². The van der Waals surface area contributed by atoms with Gasteiger partial charge in [0, 0.05) is 19.4 Å². The van der Waals surface area contributed by atoms with Crippen LogP contribution in [0.5, 0.6) is 0 Å². The van der Waals surface area contributed by atoms with E-state index in [0.29, 0.717) is 31.6 Å². The Hall–Kier alpha value is -1.27. The Morgan fingerprint density at radius 3 is 2.44 bits per heavy atom. The van der Waals surface area contributed by atoms with E-state index in [1.165, 1.54) is 30.5 Å². The Labute approximate surface area is 106 Å². The standard InChI is InChI=1S/C12H14FNO3S/c13-11-3-1-10(2-4-11)9-14-18(15,16)12-5-7-17-8-6-12/h1-4,9,12H,5-8H2/b14-9+. The molecule has 1 aliphatic rings. The molecule has 0 spiro atoms. The van der Waals surface area contributed by atoms with Crippen molar-refractivity contribution in [3.63, 3.8) is 0 Å². The summed E-state index contributed by atoms with van der Waals surface area (Å²) in [7, 11) is -3.50. The Morgan fingerprint density at radius 1 is 1.22 bits per heavy atom. The minimum Gasteiger partial charge on any atom is -0.381 e. The van der Waals surface area contributed by atoms with Crippen molar-refractivity contribution in [1.29, 1.82) is 0 Å². The number of rotatable bonds is 3. The monoisotopic (exact) mass is 271 g/mol. The molecule has 1 heterocycles. The van der Waals surface area contributed by atoms with Crippen molar-refractivity contribution in [3.8, 4) is 0 Å². The van der Waals surface area contributed by atoms with Gasteiger partial charge in [-0.05, 0) is 30.5 Å². The number of sulfonamides is 1. The molecule has 98 valence electrons. The number of ether oxygens (including phenoxy) is 1. The van der Waals surface area contributed by atoms with Gasteiger partial charge in [-0.3, -0.25) is 0 Å². The summed E-state index contributed by atoms with van der Waals surface area (Å²) < 4.78 is 45.2. The van der Waals surface area contributed by atoms with Crippen LogP contribution in [0, 0.1) is 5.82 Å². The zero-order valence-corrected chi connectivity index (χ0v) is 10.6. The van der Waals surface area contributed by atoms with Crippen LogP contribution >= 0.6 is 0 Å². The van der Waals surface area contributed by atoms with Crippen LogP contribution in [0.1, 0.15) is 18.4 Å². The van der Waals surface area contributed by atoms with Crippen molar-refractivity contribution in [2.24, 2.45) is 4.40 Å². The highest BCUT2D eigenvalue weighted by Crippen LogP contribution is 2.17. The predicted octanol–water partition coefficient (Wildman–Crippen LogP) is 1.75. The fraction of sp³-hybridized carbons (Fsp3) is 0.417. The molecule has 0 aliphatic carbocycles. The van der Waals surface area contributed by atoms with E-state index in [2.05, 4.69) is 4.40 Å². The highest BCUT2D eigenvalue weighted by atomic mass is 32.2. The summed E-state index contributed by atoms with van der Waals surface area (Å²) in [5, 5.41) is -0.469. The molecule has 0 aromatic heterocycles. The van der Waals surface area contributed by atoms with E-state index in [1.807, 2.05) is 0 Å². The maximum Gasteiger partial charge on any atom is 0.256 e. The van der Waals surface area contributed by atoms with Gasteiger partial charge >= 0.3 is 0 Å². The van der Waals surface area contributed by atoms with E-state index in [1.54, 1.807) is 0 Å². The van der Waals surface area contributed by atoms with E-state index < -0.39 is 15.3 Å². The van der Waals surface area contributed by atoms with E-state index in [4.69, 9.17) is 4.74 Å². The Morgan fingerprint density at radius 2 is 1.83 bits per heavy atom. The molecule has 0 saturated carbocycles. The van der Waals surface area contributed by atoms with Crippen LogP contribution in [0.2, 0.25) is 0 Å². The summed E-state index contributed by atoms with van der Waals surface area (Å²) in [5.74, 6) is -0.362. The van der Waals surface area contributed by atoms with Crippen LogP contribution in [0.15, 0.2) is 28.7 Å². The normalized spacial score (nSPS) is 18.3. The average molecular weight is 271 g/mol. The van der Waals surface area contributed by atoms with Crippen molar-refractivity contribution in [2.75, 3.05) is 13.2 Å². The third-order valence-corrected chi connectivity index (χ3v) is 4.52. The lowest BCUT2D eigenvalue weighted by atomic mass is 10.2. The van der Waals surface area contributed by atoms with Crippen LogP contribution in [0.4, 0.5) is 4.39 Å². The zero-order chi connectivity index (χ0) is 13.0. The molecule has 0 radical (unpaired) electrons. The fourth-order valence-corrected chi connectivity index (χ4v) is 2.97. The molecule has 1 aliphatic heterocycles. The summed E-state index contributed by atoms with van der Waals surface area (Å²) in [4.78, 5) is 0. The molecule has 0 unspecified atom stereocenters.